The van der Waals surface area contributed by atoms with E-state index in [1.54, 1.807) is 4.72 Å². The molecule has 0 aromatic heterocycles. The van der Waals surface area contributed by atoms with Crippen molar-refractivity contribution in [3.05, 3.63) is 0 Å². The maximum atomic E-state index is 10.1. The Hall–Kier alpha value is 1.72. The molecule has 9 heteroatoms. The summed E-state index contributed by atoms with van der Waals surface area (Å²) in [5.74, 6) is 0.462. The molecule has 0 saturated heterocycles. The van der Waals surface area contributed by atoms with Crippen LogP contribution < -0.4 is 56.1 Å². The first-order valence-corrected chi connectivity index (χ1v) is 5.92. The van der Waals surface area contributed by atoms with Gasteiger partial charge in [-0.3, -0.25) is 0 Å². The van der Waals surface area contributed by atoms with Crippen molar-refractivity contribution in [2.24, 2.45) is 0 Å². The number of hydrogen-bond acceptors (Lipinski definition) is 5. The van der Waals surface area contributed by atoms with Crippen LogP contribution in [0, 0.1) is 0 Å². The van der Waals surface area contributed by atoms with E-state index < -0.39 is 16.4 Å². The molecule has 15 heavy (non-hydrogen) atoms. The summed E-state index contributed by atoms with van der Waals surface area (Å²) in [5.41, 5.74) is 0. The van der Waals surface area contributed by atoms with Gasteiger partial charge in [-0.1, -0.05) is 0 Å². The molecule has 6 nitrogen and oxygen atoms in total. The molecule has 0 aromatic rings. The van der Waals surface area contributed by atoms with Gasteiger partial charge in [-0.15, -0.1) is 11.6 Å². The standard InChI is InChI=1S/C6H14ClNO5S.K/c7-2-1-3-13-5-6(9)4-8-14(10,11)12;/h6,8-9H,1-5H2,(H,10,11,12);/q;+1/p-1. The summed E-state index contributed by atoms with van der Waals surface area (Å²) in [4.78, 5) is 0. The maximum absolute atomic E-state index is 10.1. The minimum Gasteiger partial charge on any atom is -0.735 e. The van der Waals surface area contributed by atoms with Crippen LogP contribution in [0.2, 0.25) is 0 Å². The average molecular weight is 286 g/mol. The molecule has 86 valence electrons. The topological polar surface area (TPSA) is 98.7 Å². The molecule has 1 atom stereocenters. The van der Waals surface area contributed by atoms with E-state index in [4.69, 9.17) is 21.4 Å². The number of halogens is 1. The normalized spacial score (nSPS) is 13.3. The molecule has 0 bridgehead atoms. The molecule has 0 amide bonds. The van der Waals surface area contributed by atoms with Crippen molar-refractivity contribution in [3.8, 4) is 0 Å². The van der Waals surface area contributed by atoms with Crippen LogP contribution >= 0.6 is 11.6 Å². The van der Waals surface area contributed by atoms with Crippen LogP contribution in [0.5, 0.6) is 0 Å². The molecule has 0 saturated carbocycles. The second kappa shape index (κ2) is 10.8. The van der Waals surface area contributed by atoms with Crippen molar-refractivity contribution in [3.63, 3.8) is 0 Å². The van der Waals surface area contributed by atoms with Gasteiger partial charge in [0.15, 0.2) is 10.3 Å². The number of nitrogens with one attached hydrogen (secondary N) is 1. The molecule has 0 heterocycles. The summed E-state index contributed by atoms with van der Waals surface area (Å²) in [5, 5.41) is 9.09. The third kappa shape index (κ3) is 15.7. The van der Waals surface area contributed by atoms with Crippen molar-refractivity contribution in [1.82, 2.24) is 4.72 Å². The number of ether oxygens (including phenoxy) is 1. The molecule has 0 aliphatic rings. The summed E-state index contributed by atoms with van der Waals surface area (Å²) in [6.45, 7) is 0.0246. The number of hydrogen-bond donors (Lipinski definition) is 2. The Bertz CT molecular complexity index is 238. The minimum absolute atomic E-state index is 0. The van der Waals surface area contributed by atoms with Gasteiger partial charge in [0.1, 0.15) is 0 Å². The molecule has 0 fully saturated rings. The molecule has 0 aromatic carbocycles. The third-order valence-electron chi connectivity index (χ3n) is 1.23. The molecular weight excluding hydrogens is 273 g/mol. The Kier molecular flexibility index (Phi) is 13.8. The van der Waals surface area contributed by atoms with Crippen LogP contribution in [0.3, 0.4) is 0 Å². The van der Waals surface area contributed by atoms with Crippen LogP contribution in [-0.4, -0.2) is 49.8 Å². The van der Waals surface area contributed by atoms with Crippen molar-refractivity contribution in [1.29, 1.82) is 0 Å². The molecule has 0 radical (unpaired) electrons. The number of rotatable bonds is 8. The van der Waals surface area contributed by atoms with E-state index in [1.165, 1.54) is 0 Å². The number of aliphatic hydroxyl groups excluding tert-OH is 1. The first kappa shape index (κ1) is 19.1. The fourth-order valence-electron chi connectivity index (χ4n) is 0.633. The fraction of sp³-hybridized carbons (Fsp3) is 1.00. The maximum Gasteiger partial charge on any atom is 1.00 e. The van der Waals surface area contributed by atoms with E-state index in [1.807, 2.05) is 0 Å². The van der Waals surface area contributed by atoms with Gasteiger partial charge in [0.2, 0.25) is 0 Å². The predicted molar refractivity (Wildman–Crippen MR) is 49.9 cm³/mol. The average Bonchev–Trinajstić information content (AvgIpc) is 2.08. The molecule has 0 spiro atoms. The Morgan fingerprint density at radius 2 is 2.13 bits per heavy atom. The Labute approximate surface area is 137 Å². The Balaban J connectivity index is 0. The van der Waals surface area contributed by atoms with Gasteiger partial charge in [-0.25, -0.2) is 13.1 Å². The van der Waals surface area contributed by atoms with Gasteiger partial charge in [0.25, 0.3) is 0 Å². The van der Waals surface area contributed by atoms with Crippen molar-refractivity contribution >= 4 is 21.9 Å². The van der Waals surface area contributed by atoms with E-state index in [2.05, 4.69) is 0 Å². The van der Waals surface area contributed by atoms with Gasteiger partial charge in [-0.05, 0) is 6.42 Å². The molecule has 2 N–H and O–H groups in total. The summed E-state index contributed by atoms with van der Waals surface area (Å²) in [6.07, 6.45) is -0.365. The molecule has 0 rings (SSSR count). The summed E-state index contributed by atoms with van der Waals surface area (Å²) < 4.78 is 36.8. The SMILES string of the molecule is O=S(=O)([O-])NCC(O)COCCCCl.[K+]. The first-order valence-electron chi connectivity index (χ1n) is 3.98. The van der Waals surface area contributed by atoms with E-state index in [0.29, 0.717) is 18.9 Å². The van der Waals surface area contributed by atoms with Crippen LogP contribution in [0.25, 0.3) is 0 Å². The van der Waals surface area contributed by atoms with Gasteiger partial charge in [-0.2, -0.15) is 0 Å². The van der Waals surface area contributed by atoms with Crippen molar-refractivity contribution in [2.45, 2.75) is 12.5 Å². The first-order chi connectivity index (χ1) is 6.45. The van der Waals surface area contributed by atoms with Crippen LogP contribution in [-0.2, 0) is 15.0 Å². The summed E-state index contributed by atoms with van der Waals surface area (Å²) in [6, 6.07) is 0. The zero-order valence-electron chi connectivity index (χ0n) is 8.48. The number of alkyl halides is 1. The van der Waals surface area contributed by atoms with Gasteiger partial charge >= 0.3 is 51.4 Å². The van der Waals surface area contributed by atoms with Gasteiger partial charge < -0.3 is 14.4 Å². The van der Waals surface area contributed by atoms with Gasteiger partial charge in [0.05, 0.1) is 12.7 Å². The molecule has 1 unspecified atom stereocenters. The molecular formula is C6H13ClKNO5S. The smallest absolute Gasteiger partial charge is 0.735 e. The minimum atomic E-state index is -4.49. The summed E-state index contributed by atoms with van der Waals surface area (Å²) >= 11 is 5.36. The van der Waals surface area contributed by atoms with Crippen LogP contribution in [0.4, 0.5) is 0 Å². The molecule has 0 aliphatic heterocycles. The van der Waals surface area contributed by atoms with Crippen LogP contribution in [0.1, 0.15) is 6.42 Å². The summed E-state index contributed by atoms with van der Waals surface area (Å²) in [7, 11) is -4.49. The fourth-order valence-corrected chi connectivity index (χ4v) is 1.14. The van der Waals surface area contributed by atoms with Gasteiger partial charge in [0, 0.05) is 19.0 Å². The monoisotopic (exact) mass is 285 g/mol. The van der Waals surface area contributed by atoms with E-state index >= 15 is 0 Å². The third-order valence-corrected chi connectivity index (χ3v) is 2.02. The van der Waals surface area contributed by atoms with Crippen molar-refractivity contribution < 1.29 is 74.2 Å². The zero-order valence-corrected chi connectivity index (χ0v) is 13.2. The van der Waals surface area contributed by atoms with E-state index in [0.717, 1.165) is 0 Å². The second-order valence-electron chi connectivity index (χ2n) is 2.57. The second-order valence-corrected chi connectivity index (χ2v) is 4.15. The molecule has 0 aliphatic carbocycles. The van der Waals surface area contributed by atoms with E-state index in [-0.39, 0.29) is 64.5 Å². The zero-order chi connectivity index (χ0) is 11.0. The number of aliphatic hydroxyl groups is 1. The quantitative estimate of drug-likeness (QED) is 0.205. The Morgan fingerprint density at radius 3 is 2.60 bits per heavy atom. The van der Waals surface area contributed by atoms with E-state index in [9.17, 15) is 13.0 Å². The largest absolute Gasteiger partial charge is 1.00 e. The Morgan fingerprint density at radius 1 is 1.53 bits per heavy atom. The van der Waals surface area contributed by atoms with Crippen LogP contribution in [0.15, 0.2) is 0 Å². The van der Waals surface area contributed by atoms with Crippen molar-refractivity contribution in [2.75, 3.05) is 25.6 Å². The predicted octanol–water partition coefficient (Wildman–Crippen LogP) is -3.95.